The van der Waals surface area contributed by atoms with E-state index in [1.54, 1.807) is 6.92 Å². The molecule has 144 valence electrons. The van der Waals surface area contributed by atoms with Crippen molar-refractivity contribution in [3.63, 3.8) is 0 Å². The van der Waals surface area contributed by atoms with Crippen molar-refractivity contribution in [2.75, 3.05) is 0 Å². The third-order valence-corrected chi connectivity index (χ3v) is 7.19. The Morgan fingerprint density at radius 3 is 2.44 bits per heavy atom. The number of sulfone groups is 1. The Bertz CT molecular complexity index is 1030. The van der Waals surface area contributed by atoms with E-state index in [1.807, 2.05) is 26.8 Å². The largest absolute Gasteiger partial charge is 0.360 e. The molecule has 0 aliphatic carbocycles. The van der Waals surface area contributed by atoms with Crippen LogP contribution in [0.25, 0.3) is 10.7 Å². The molecule has 27 heavy (non-hydrogen) atoms. The van der Waals surface area contributed by atoms with Gasteiger partial charge in [-0.25, -0.2) is 12.8 Å². The summed E-state index contributed by atoms with van der Waals surface area (Å²) < 4.78 is 43.7. The van der Waals surface area contributed by atoms with E-state index in [4.69, 9.17) is 4.52 Å². The third-order valence-electron chi connectivity index (χ3n) is 4.07. The number of halogens is 1. The fourth-order valence-electron chi connectivity index (χ4n) is 2.38. The topological polar surface area (TPSA) is 85.9 Å². The lowest BCUT2D eigenvalue weighted by atomic mass is 9.93. The highest BCUT2D eigenvalue weighted by Gasteiger charge is 2.26. The van der Waals surface area contributed by atoms with Crippen LogP contribution in [0.15, 0.2) is 39.8 Å². The molecule has 0 aliphatic rings. The number of rotatable bonds is 5. The van der Waals surface area contributed by atoms with Crippen LogP contribution in [0.5, 0.6) is 0 Å². The van der Waals surface area contributed by atoms with Gasteiger partial charge in [-0.15, -0.1) is 10.2 Å². The smallest absolute Gasteiger partial charge is 0.181 e. The normalized spacial score (nSPS) is 13.7. The Kier molecular flexibility index (Phi) is 5.18. The minimum atomic E-state index is -3.59. The van der Waals surface area contributed by atoms with Gasteiger partial charge < -0.3 is 4.52 Å². The second-order valence-corrected chi connectivity index (χ2v) is 10.8. The van der Waals surface area contributed by atoms with Gasteiger partial charge in [0, 0.05) is 17.9 Å². The Morgan fingerprint density at radius 2 is 1.85 bits per heavy atom. The molecule has 1 atom stereocenters. The molecule has 0 saturated carbocycles. The van der Waals surface area contributed by atoms with Crippen LogP contribution in [0, 0.1) is 5.82 Å². The quantitative estimate of drug-likeness (QED) is 0.591. The van der Waals surface area contributed by atoms with Crippen LogP contribution in [-0.2, 0) is 21.7 Å². The van der Waals surface area contributed by atoms with E-state index in [1.165, 1.54) is 23.5 Å². The molecule has 3 rings (SSSR count). The van der Waals surface area contributed by atoms with Gasteiger partial charge in [-0.05, 0) is 31.2 Å². The molecule has 0 fully saturated rings. The van der Waals surface area contributed by atoms with Crippen molar-refractivity contribution < 1.29 is 17.3 Å². The van der Waals surface area contributed by atoms with Gasteiger partial charge in [0.05, 0.1) is 10.1 Å². The maximum Gasteiger partial charge on any atom is 0.181 e. The predicted octanol–water partition coefficient (Wildman–Crippen LogP) is 4.03. The van der Waals surface area contributed by atoms with E-state index in [0.717, 1.165) is 17.9 Å². The molecule has 2 aromatic heterocycles. The summed E-state index contributed by atoms with van der Waals surface area (Å²) in [4.78, 5) is 0.0902. The summed E-state index contributed by atoms with van der Waals surface area (Å²) in [5.41, 5.74) is 0.411. The van der Waals surface area contributed by atoms with Gasteiger partial charge in [0.15, 0.2) is 14.8 Å². The molecule has 0 amide bonds. The lowest BCUT2D eigenvalue weighted by Crippen LogP contribution is -2.20. The molecular formula is C18H20FN3O3S2. The summed E-state index contributed by atoms with van der Waals surface area (Å²) in [6, 6.07) is 6.65. The van der Waals surface area contributed by atoms with Crippen molar-refractivity contribution in [1.29, 1.82) is 0 Å². The summed E-state index contributed by atoms with van der Waals surface area (Å²) in [5.74, 6) is 0.263. The lowest BCUT2D eigenvalue weighted by Gasteiger charge is -2.11. The number of aromatic nitrogens is 3. The third kappa shape index (κ3) is 4.24. The Labute approximate surface area is 161 Å². The van der Waals surface area contributed by atoms with Crippen molar-refractivity contribution >= 4 is 21.2 Å². The molecule has 1 aromatic carbocycles. The second kappa shape index (κ2) is 7.12. The zero-order chi connectivity index (χ0) is 19.8. The number of hydrogen-bond acceptors (Lipinski definition) is 7. The van der Waals surface area contributed by atoms with Crippen molar-refractivity contribution in [3.8, 4) is 10.7 Å². The van der Waals surface area contributed by atoms with E-state index >= 15 is 0 Å². The number of nitrogens with zero attached hydrogens (tertiary/aromatic N) is 3. The van der Waals surface area contributed by atoms with Crippen LogP contribution in [0.3, 0.4) is 0 Å². The van der Waals surface area contributed by atoms with Crippen molar-refractivity contribution in [2.24, 2.45) is 0 Å². The maximum atomic E-state index is 13.0. The monoisotopic (exact) mass is 409 g/mol. The SMILES string of the molecule is CC(Cc1nnc(-c2cc(C(C)(C)C)on2)s1)S(=O)(=O)c1ccc(F)cc1. The van der Waals surface area contributed by atoms with Gasteiger partial charge in [0.1, 0.15) is 22.3 Å². The van der Waals surface area contributed by atoms with Crippen molar-refractivity contribution in [2.45, 2.75) is 49.7 Å². The molecule has 0 aliphatic heterocycles. The summed E-state index contributed by atoms with van der Waals surface area (Å²) in [5, 5.41) is 12.7. The van der Waals surface area contributed by atoms with Crippen molar-refractivity contribution in [1.82, 2.24) is 15.4 Å². The second-order valence-electron chi connectivity index (χ2n) is 7.34. The average Bonchev–Trinajstić information content (AvgIpc) is 3.23. The summed E-state index contributed by atoms with van der Waals surface area (Å²) >= 11 is 1.28. The highest BCUT2D eigenvalue weighted by molar-refractivity contribution is 7.92. The first-order valence-electron chi connectivity index (χ1n) is 8.37. The Balaban J connectivity index is 1.77. The van der Waals surface area contributed by atoms with E-state index in [0.29, 0.717) is 15.7 Å². The predicted molar refractivity (Wildman–Crippen MR) is 101 cm³/mol. The first kappa shape index (κ1) is 19.6. The number of hydrogen-bond donors (Lipinski definition) is 0. The van der Waals surface area contributed by atoms with Gasteiger partial charge in [0.2, 0.25) is 0 Å². The van der Waals surface area contributed by atoms with Crippen LogP contribution >= 0.6 is 11.3 Å². The van der Waals surface area contributed by atoms with E-state index in [-0.39, 0.29) is 16.7 Å². The standard InChI is InChI=1S/C18H20FN3O3S2/c1-11(27(23,24)13-7-5-12(19)6-8-13)9-16-20-21-17(26-16)14-10-15(25-22-14)18(2,3)4/h5-8,10-11H,9H2,1-4H3. The number of benzene rings is 1. The van der Waals surface area contributed by atoms with Crippen LogP contribution in [0.2, 0.25) is 0 Å². The minimum Gasteiger partial charge on any atom is -0.360 e. The highest BCUT2D eigenvalue weighted by atomic mass is 32.2. The van der Waals surface area contributed by atoms with Gasteiger partial charge in [-0.2, -0.15) is 0 Å². The molecule has 0 bridgehead atoms. The molecule has 9 heteroatoms. The molecule has 0 saturated heterocycles. The van der Waals surface area contributed by atoms with Gasteiger partial charge >= 0.3 is 0 Å². The molecular weight excluding hydrogens is 389 g/mol. The first-order chi connectivity index (χ1) is 12.6. The molecule has 3 aromatic rings. The molecule has 0 N–H and O–H groups in total. The van der Waals surface area contributed by atoms with Crippen LogP contribution in [0.4, 0.5) is 4.39 Å². The fourth-order valence-corrected chi connectivity index (χ4v) is 4.76. The highest BCUT2D eigenvalue weighted by Crippen LogP contribution is 2.30. The molecule has 6 nitrogen and oxygen atoms in total. The fraction of sp³-hybridized carbons (Fsp3) is 0.389. The van der Waals surface area contributed by atoms with E-state index in [2.05, 4.69) is 15.4 Å². The first-order valence-corrected chi connectivity index (χ1v) is 10.7. The lowest BCUT2D eigenvalue weighted by molar-refractivity contribution is 0.330. The zero-order valence-corrected chi connectivity index (χ0v) is 17.1. The summed E-state index contributed by atoms with van der Waals surface area (Å²) in [6.07, 6.45) is 0.210. The van der Waals surface area contributed by atoms with Gasteiger partial charge in [0.25, 0.3) is 0 Å². The van der Waals surface area contributed by atoms with Crippen LogP contribution in [0.1, 0.15) is 38.5 Å². The average molecular weight is 410 g/mol. The van der Waals surface area contributed by atoms with Crippen molar-refractivity contribution in [3.05, 3.63) is 46.9 Å². The Hall–Kier alpha value is -2.13. The molecule has 0 spiro atoms. The molecule has 2 heterocycles. The molecule has 0 radical (unpaired) electrons. The maximum absolute atomic E-state index is 13.0. The van der Waals surface area contributed by atoms with Gasteiger partial charge in [-0.3, -0.25) is 0 Å². The summed E-state index contributed by atoms with van der Waals surface area (Å²) in [7, 11) is -3.59. The van der Waals surface area contributed by atoms with Crippen LogP contribution in [-0.4, -0.2) is 29.0 Å². The summed E-state index contributed by atoms with van der Waals surface area (Å²) in [6.45, 7) is 7.66. The Morgan fingerprint density at radius 1 is 1.19 bits per heavy atom. The zero-order valence-electron chi connectivity index (χ0n) is 15.4. The minimum absolute atomic E-state index is 0.0902. The van der Waals surface area contributed by atoms with Crippen LogP contribution < -0.4 is 0 Å². The van der Waals surface area contributed by atoms with E-state index in [9.17, 15) is 12.8 Å². The van der Waals surface area contributed by atoms with Gasteiger partial charge in [-0.1, -0.05) is 37.3 Å². The van der Waals surface area contributed by atoms with E-state index < -0.39 is 20.9 Å². The molecule has 1 unspecified atom stereocenters.